The SMILES string of the molecule is CC(C)CN(CC(=O)c1c(N)n(Cc2ccccc2)c(=O)n(C)c1=O)C(C)C. The summed E-state index contributed by atoms with van der Waals surface area (Å²) in [5.74, 6) is -0.0631. The molecule has 2 aromatic rings. The summed E-state index contributed by atoms with van der Waals surface area (Å²) in [6.07, 6.45) is 0. The molecule has 0 atom stereocenters. The molecule has 152 valence electrons. The number of hydrogen-bond donors (Lipinski definition) is 1. The van der Waals surface area contributed by atoms with E-state index in [2.05, 4.69) is 13.8 Å². The lowest BCUT2D eigenvalue weighted by Crippen LogP contribution is -2.45. The lowest BCUT2D eigenvalue weighted by atomic mass is 10.1. The van der Waals surface area contributed by atoms with Gasteiger partial charge < -0.3 is 5.73 Å². The van der Waals surface area contributed by atoms with Crippen LogP contribution < -0.4 is 17.0 Å². The molecule has 0 saturated heterocycles. The average molecular weight is 386 g/mol. The predicted molar refractivity (Wildman–Crippen MR) is 112 cm³/mol. The molecule has 0 unspecified atom stereocenters. The molecule has 28 heavy (non-hydrogen) atoms. The fourth-order valence-corrected chi connectivity index (χ4v) is 3.15. The van der Waals surface area contributed by atoms with E-state index in [9.17, 15) is 14.4 Å². The Balaban J connectivity index is 2.47. The normalized spacial score (nSPS) is 11.6. The molecular formula is C21H30N4O3. The van der Waals surface area contributed by atoms with E-state index in [4.69, 9.17) is 5.73 Å². The van der Waals surface area contributed by atoms with Crippen molar-refractivity contribution in [2.45, 2.75) is 40.3 Å². The highest BCUT2D eigenvalue weighted by Crippen LogP contribution is 2.12. The largest absolute Gasteiger partial charge is 0.384 e. The fraction of sp³-hybridized carbons (Fsp3) is 0.476. The number of aromatic nitrogens is 2. The Labute approximate surface area is 165 Å². The van der Waals surface area contributed by atoms with Gasteiger partial charge in [0.1, 0.15) is 11.4 Å². The second-order valence-corrected chi connectivity index (χ2v) is 7.82. The monoisotopic (exact) mass is 386 g/mol. The van der Waals surface area contributed by atoms with Crippen molar-refractivity contribution in [3.8, 4) is 0 Å². The van der Waals surface area contributed by atoms with Gasteiger partial charge in [-0.1, -0.05) is 44.2 Å². The van der Waals surface area contributed by atoms with Crippen molar-refractivity contribution in [3.05, 3.63) is 62.3 Å². The van der Waals surface area contributed by atoms with Crippen LogP contribution in [0.5, 0.6) is 0 Å². The molecule has 0 amide bonds. The average Bonchev–Trinajstić information content (AvgIpc) is 2.63. The number of ketones is 1. The molecule has 2 rings (SSSR count). The quantitative estimate of drug-likeness (QED) is 0.698. The first-order chi connectivity index (χ1) is 13.1. The van der Waals surface area contributed by atoms with Gasteiger partial charge in [0, 0.05) is 19.6 Å². The highest BCUT2D eigenvalue weighted by molar-refractivity contribution is 6.01. The number of carbonyl (C=O) groups excluding carboxylic acids is 1. The summed E-state index contributed by atoms with van der Waals surface area (Å²) in [4.78, 5) is 40.3. The highest BCUT2D eigenvalue weighted by Gasteiger charge is 2.24. The van der Waals surface area contributed by atoms with Gasteiger partial charge in [-0.05, 0) is 25.3 Å². The number of nitrogens with zero attached hydrogens (tertiary/aromatic N) is 3. The summed E-state index contributed by atoms with van der Waals surface area (Å²) in [6.45, 7) is 9.17. The summed E-state index contributed by atoms with van der Waals surface area (Å²) in [5.41, 5.74) is 5.72. The van der Waals surface area contributed by atoms with Gasteiger partial charge in [0.25, 0.3) is 5.56 Å². The first-order valence-corrected chi connectivity index (χ1v) is 9.54. The summed E-state index contributed by atoms with van der Waals surface area (Å²) in [5, 5.41) is 0. The van der Waals surface area contributed by atoms with Crippen LogP contribution in [0.4, 0.5) is 5.82 Å². The minimum absolute atomic E-state index is 0.0739. The van der Waals surface area contributed by atoms with E-state index < -0.39 is 11.2 Å². The molecule has 1 heterocycles. The van der Waals surface area contributed by atoms with Crippen LogP contribution in [0.2, 0.25) is 0 Å². The van der Waals surface area contributed by atoms with E-state index in [-0.39, 0.29) is 36.3 Å². The molecule has 2 N–H and O–H groups in total. The van der Waals surface area contributed by atoms with Crippen LogP contribution in [0, 0.1) is 5.92 Å². The number of Topliss-reactive ketones (excluding diaryl/α,β-unsaturated/α-hetero) is 1. The van der Waals surface area contributed by atoms with Gasteiger partial charge >= 0.3 is 5.69 Å². The molecule has 0 radical (unpaired) electrons. The number of nitrogens with two attached hydrogens (primary N) is 1. The number of benzene rings is 1. The molecule has 7 nitrogen and oxygen atoms in total. The number of hydrogen-bond acceptors (Lipinski definition) is 5. The fourth-order valence-electron chi connectivity index (χ4n) is 3.15. The minimum Gasteiger partial charge on any atom is -0.384 e. The third-order valence-corrected chi connectivity index (χ3v) is 4.72. The molecule has 1 aromatic carbocycles. The molecule has 0 aliphatic heterocycles. The van der Waals surface area contributed by atoms with Crippen molar-refractivity contribution < 1.29 is 4.79 Å². The molecule has 0 aliphatic rings. The van der Waals surface area contributed by atoms with E-state index in [0.717, 1.165) is 16.7 Å². The van der Waals surface area contributed by atoms with Crippen molar-refractivity contribution >= 4 is 11.6 Å². The molecule has 0 spiro atoms. The maximum Gasteiger partial charge on any atom is 0.332 e. The second-order valence-electron chi connectivity index (χ2n) is 7.82. The van der Waals surface area contributed by atoms with Gasteiger partial charge in [0.05, 0.1) is 13.1 Å². The third kappa shape index (κ3) is 4.78. The van der Waals surface area contributed by atoms with Gasteiger partial charge in [-0.15, -0.1) is 0 Å². The van der Waals surface area contributed by atoms with Crippen LogP contribution in [0.3, 0.4) is 0 Å². The minimum atomic E-state index is -0.648. The summed E-state index contributed by atoms with van der Waals surface area (Å²) < 4.78 is 2.24. The van der Waals surface area contributed by atoms with Gasteiger partial charge in [-0.3, -0.25) is 23.6 Å². The smallest absolute Gasteiger partial charge is 0.332 e. The van der Waals surface area contributed by atoms with Crippen LogP contribution in [0.15, 0.2) is 39.9 Å². The predicted octanol–water partition coefficient (Wildman–Crippen LogP) is 1.73. The number of anilines is 1. The van der Waals surface area contributed by atoms with Gasteiger partial charge in [0.15, 0.2) is 5.78 Å². The lowest BCUT2D eigenvalue weighted by molar-refractivity contribution is 0.0890. The van der Waals surface area contributed by atoms with E-state index in [0.29, 0.717) is 5.92 Å². The first kappa shape index (κ1) is 21.6. The van der Waals surface area contributed by atoms with Crippen molar-refractivity contribution in [2.75, 3.05) is 18.8 Å². The number of carbonyl (C=O) groups is 1. The van der Waals surface area contributed by atoms with Crippen molar-refractivity contribution in [1.82, 2.24) is 14.0 Å². The Hall–Kier alpha value is -2.67. The standard InChI is InChI=1S/C21H30N4O3/c1-14(2)11-24(15(3)4)13-17(26)18-19(22)25(21(28)23(5)20(18)27)12-16-9-7-6-8-10-16/h6-10,14-15H,11-13,22H2,1-5H3. The zero-order chi connectivity index (χ0) is 21.0. The van der Waals surface area contributed by atoms with Crippen molar-refractivity contribution in [3.63, 3.8) is 0 Å². The van der Waals surface area contributed by atoms with E-state index in [1.54, 1.807) is 0 Å². The molecule has 1 aromatic heterocycles. The summed E-state index contributed by atoms with van der Waals surface area (Å²) >= 11 is 0. The zero-order valence-electron chi connectivity index (χ0n) is 17.3. The Morgan fingerprint density at radius 2 is 1.71 bits per heavy atom. The summed E-state index contributed by atoms with van der Waals surface area (Å²) in [7, 11) is 1.37. The zero-order valence-corrected chi connectivity index (χ0v) is 17.3. The first-order valence-electron chi connectivity index (χ1n) is 9.54. The van der Waals surface area contributed by atoms with Crippen molar-refractivity contribution in [1.29, 1.82) is 0 Å². The van der Waals surface area contributed by atoms with Gasteiger partial charge in [-0.25, -0.2) is 4.79 Å². The molecule has 0 fully saturated rings. The highest BCUT2D eigenvalue weighted by atomic mass is 16.2. The van der Waals surface area contributed by atoms with Crippen LogP contribution >= 0.6 is 0 Å². The van der Waals surface area contributed by atoms with E-state index in [1.807, 2.05) is 49.1 Å². The van der Waals surface area contributed by atoms with Crippen LogP contribution in [0.1, 0.15) is 43.6 Å². The van der Waals surface area contributed by atoms with Crippen molar-refractivity contribution in [2.24, 2.45) is 13.0 Å². The van der Waals surface area contributed by atoms with Gasteiger partial charge in [0.2, 0.25) is 0 Å². The molecule has 0 aliphatic carbocycles. The maximum atomic E-state index is 13.0. The Morgan fingerprint density at radius 1 is 1.11 bits per heavy atom. The van der Waals surface area contributed by atoms with Gasteiger partial charge in [-0.2, -0.15) is 0 Å². The molecule has 0 bridgehead atoms. The Bertz CT molecular complexity index is 943. The third-order valence-electron chi connectivity index (χ3n) is 4.72. The topological polar surface area (TPSA) is 90.3 Å². The molecule has 0 saturated carbocycles. The lowest BCUT2D eigenvalue weighted by Gasteiger charge is -2.27. The van der Waals surface area contributed by atoms with E-state index >= 15 is 0 Å². The molecular weight excluding hydrogens is 356 g/mol. The number of rotatable bonds is 8. The van der Waals surface area contributed by atoms with Crippen LogP contribution in [0.25, 0.3) is 0 Å². The van der Waals surface area contributed by atoms with Crippen LogP contribution in [-0.4, -0.2) is 38.9 Å². The second kappa shape index (κ2) is 9.01. The Kier molecular flexibility index (Phi) is 6.96. The molecule has 7 heteroatoms. The maximum absolute atomic E-state index is 13.0. The van der Waals surface area contributed by atoms with E-state index in [1.165, 1.54) is 11.6 Å². The summed E-state index contributed by atoms with van der Waals surface area (Å²) in [6, 6.07) is 9.46. The Morgan fingerprint density at radius 3 is 2.25 bits per heavy atom. The number of nitrogen functional groups attached to an aromatic ring is 1. The van der Waals surface area contributed by atoms with Crippen LogP contribution in [-0.2, 0) is 13.6 Å².